The molecule has 106 valence electrons. The Labute approximate surface area is 128 Å². The average molecular weight is 324 g/mol. The van der Waals surface area contributed by atoms with E-state index in [-0.39, 0.29) is 0 Å². The van der Waals surface area contributed by atoms with E-state index in [1.165, 1.54) is 5.69 Å². The van der Waals surface area contributed by atoms with E-state index in [1.807, 2.05) is 18.2 Å². The predicted octanol–water partition coefficient (Wildman–Crippen LogP) is 2.54. The number of halogens is 3. The minimum Gasteiger partial charge on any atom is -0.387 e. The highest BCUT2D eigenvalue weighted by atomic mass is 35.6. The third-order valence-corrected chi connectivity index (χ3v) is 4.06. The van der Waals surface area contributed by atoms with Crippen molar-refractivity contribution in [2.75, 3.05) is 37.6 Å². The Bertz CT molecular complexity index is 389. The Morgan fingerprint density at radius 2 is 1.63 bits per heavy atom. The number of aliphatic hydroxyl groups excluding tert-OH is 1. The molecule has 3 nitrogen and oxygen atoms in total. The number of rotatable bonds is 3. The van der Waals surface area contributed by atoms with Gasteiger partial charge in [0.25, 0.3) is 0 Å². The van der Waals surface area contributed by atoms with E-state index in [9.17, 15) is 5.11 Å². The number of benzene rings is 1. The van der Waals surface area contributed by atoms with Gasteiger partial charge in [0.1, 0.15) is 6.10 Å². The van der Waals surface area contributed by atoms with E-state index < -0.39 is 9.90 Å². The van der Waals surface area contributed by atoms with Crippen LogP contribution in [0.3, 0.4) is 0 Å². The fourth-order valence-electron chi connectivity index (χ4n) is 2.18. The molecule has 1 atom stereocenters. The summed E-state index contributed by atoms with van der Waals surface area (Å²) in [5.41, 5.74) is 1.23. The number of anilines is 1. The first kappa shape index (κ1) is 15.2. The van der Waals surface area contributed by atoms with E-state index in [1.54, 1.807) is 0 Å². The summed E-state index contributed by atoms with van der Waals surface area (Å²) in [7, 11) is 0. The van der Waals surface area contributed by atoms with Gasteiger partial charge < -0.3 is 10.0 Å². The van der Waals surface area contributed by atoms with Crippen molar-refractivity contribution in [2.45, 2.75) is 9.90 Å². The smallest absolute Gasteiger partial charge is 0.217 e. The van der Waals surface area contributed by atoms with Crippen molar-refractivity contribution >= 4 is 40.5 Å². The zero-order chi connectivity index (χ0) is 13.9. The molecule has 19 heavy (non-hydrogen) atoms. The van der Waals surface area contributed by atoms with Gasteiger partial charge in [-0.3, -0.25) is 4.90 Å². The molecule has 0 radical (unpaired) electrons. The normalized spacial score (nSPS) is 19.5. The molecule has 0 spiro atoms. The molecule has 0 aromatic heterocycles. The molecular weight excluding hydrogens is 307 g/mol. The van der Waals surface area contributed by atoms with Crippen LogP contribution < -0.4 is 4.90 Å². The lowest BCUT2D eigenvalue weighted by Gasteiger charge is -2.37. The topological polar surface area (TPSA) is 26.7 Å². The summed E-state index contributed by atoms with van der Waals surface area (Å²) >= 11 is 17.0. The van der Waals surface area contributed by atoms with Crippen molar-refractivity contribution in [3.05, 3.63) is 30.3 Å². The van der Waals surface area contributed by atoms with Gasteiger partial charge in [-0.2, -0.15) is 0 Å². The van der Waals surface area contributed by atoms with Crippen LogP contribution in [-0.2, 0) is 0 Å². The van der Waals surface area contributed by atoms with Crippen molar-refractivity contribution in [1.29, 1.82) is 0 Å². The van der Waals surface area contributed by atoms with Crippen molar-refractivity contribution in [2.24, 2.45) is 0 Å². The van der Waals surface area contributed by atoms with Crippen LogP contribution in [0.1, 0.15) is 0 Å². The van der Waals surface area contributed by atoms with E-state index >= 15 is 0 Å². The van der Waals surface area contributed by atoms with Gasteiger partial charge >= 0.3 is 0 Å². The largest absolute Gasteiger partial charge is 0.387 e. The first-order valence-corrected chi connectivity index (χ1v) is 7.37. The van der Waals surface area contributed by atoms with Gasteiger partial charge in [-0.25, -0.2) is 0 Å². The second-order valence-electron chi connectivity index (χ2n) is 4.68. The van der Waals surface area contributed by atoms with Gasteiger partial charge in [-0.05, 0) is 12.1 Å². The van der Waals surface area contributed by atoms with Gasteiger partial charge in [-0.1, -0.05) is 53.0 Å². The maximum atomic E-state index is 9.77. The van der Waals surface area contributed by atoms with Crippen LogP contribution in [0, 0.1) is 0 Å². The number of para-hydroxylation sites is 1. The quantitative estimate of drug-likeness (QED) is 0.866. The number of β-amino-alcohol motifs (C(OH)–C–C–N with tert-alkyl or cyclic N) is 1. The van der Waals surface area contributed by atoms with Crippen LogP contribution in [0.15, 0.2) is 30.3 Å². The highest BCUT2D eigenvalue weighted by molar-refractivity contribution is 6.68. The van der Waals surface area contributed by atoms with Crippen molar-refractivity contribution < 1.29 is 5.11 Å². The third-order valence-electron chi connectivity index (χ3n) is 3.30. The van der Waals surface area contributed by atoms with Crippen LogP contribution in [0.5, 0.6) is 0 Å². The summed E-state index contributed by atoms with van der Waals surface area (Å²) in [6.45, 7) is 3.92. The molecule has 1 aromatic carbocycles. The molecule has 1 N–H and O–H groups in total. The highest BCUT2D eigenvalue weighted by Crippen LogP contribution is 2.30. The van der Waals surface area contributed by atoms with Crippen LogP contribution >= 0.6 is 34.8 Å². The van der Waals surface area contributed by atoms with E-state index in [0.29, 0.717) is 6.54 Å². The Morgan fingerprint density at radius 1 is 1.05 bits per heavy atom. The molecule has 1 fully saturated rings. The van der Waals surface area contributed by atoms with E-state index in [0.717, 1.165) is 26.2 Å². The van der Waals surface area contributed by atoms with Crippen LogP contribution in [0.2, 0.25) is 0 Å². The standard InChI is InChI=1S/C13H17Cl3N2O/c14-13(15,16)12(19)10-17-6-8-18(9-7-17)11-4-2-1-3-5-11/h1-5,12,19H,6-10H2. The molecule has 1 aliphatic rings. The number of nitrogens with zero attached hydrogens (tertiary/aromatic N) is 2. The fourth-order valence-corrected chi connectivity index (χ4v) is 2.38. The van der Waals surface area contributed by atoms with Crippen LogP contribution in [0.25, 0.3) is 0 Å². The van der Waals surface area contributed by atoms with Crippen molar-refractivity contribution in [1.82, 2.24) is 4.90 Å². The van der Waals surface area contributed by atoms with Crippen LogP contribution in [0.4, 0.5) is 5.69 Å². The second-order valence-corrected chi connectivity index (χ2v) is 7.05. The zero-order valence-electron chi connectivity index (χ0n) is 10.5. The molecule has 0 saturated carbocycles. The monoisotopic (exact) mass is 322 g/mol. The zero-order valence-corrected chi connectivity index (χ0v) is 12.7. The Kier molecular flexibility index (Phi) is 5.21. The van der Waals surface area contributed by atoms with Gasteiger partial charge in [0.15, 0.2) is 0 Å². The highest BCUT2D eigenvalue weighted by Gasteiger charge is 2.32. The minimum atomic E-state index is -1.61. The molecule has 1 aliphatic heterocycles. The first-order valence-electron chi connectivity index (χ1n) is 6.24. The SMILES string of the molecule is OC(CN1CCN(c2ccccc2)CC1)C(Cl)(Cl)Cl. The minimum absolute atomic E-state index is 0.388. The molecular formula is C13H17Cl3N2O. The van der Waals surface area contributed by atoms with Crippen molar-refractivity contribution in [3.8, 4) is 0 Å². The summed E-state index contributed by atoms with van der Waals surface area (Å²) < 4.78 is -1.61. The number of alkyl halides is 3. The van der Waals surface area contributed by atoms with Crippen molar-refractivity contribution in [3.63, 3.8) is 0 Å². The maximum Gasteiger partial charge on any atom is 0.217 e. The molecule has 1 saturated heterocycles. The van der Waals surface area contributed by atoms with Gasteiger partial charge in [-0.15, -0.1) is 0 Å². The third kappa shape index (κ3) is 4.40. The van der Waals surface area contributed by atoms with Gasteiger partial charge in [0, 0.05) is 38.4 Å². The lowest BCUT2D eigenvalue weighted by atomic mass is 10.2. The molecule has 0 amide bonds. The Hall–Kier alpha value is -0.190. The van der Waals surface area contributed by atoms with Gasteiger partial charge in [0.05, 0.1) is 0 Å². The summed E-state index contributed by atoms with van der Waals surface area (Å²) in [6.07, 6.45) is -0.958. The number of aliphatic hydroxyl groups is 1. The molecule has 1 heterocycles. The lowest BCUT2D eigenvalue weighted by Crippen LogP contribution is -2.50. The number of hydrogen-bond acceptors (Lipinski definition) is 3. The van der Waals surface area contributed by atoms with Gasteiger partial charge in [0.2, 0.25) is 3.79 Å². The second kappa shape index (κ2) is 6.51. The van der Waals surface area contributed by atoms with Crippen LogP contribution in [-0.4, -0.2) is 52.6 Å². The Morgan fingerprint density at radius 3 is 2.16 bits per heavy atom. The average Bonchev–Trinajstić information content (AvgIpc) is 2.39. The molecule has 0 aliphatic carbocycles. The summed E-state index contributed by atoms with van der Waals surface area (Å²) in [5.74, 6) is 0. The molecule has 0 bridgehead atoms. The molecule has 1 aromatic rings. The summed E-state index contributed by atoms with van der Waals surface area (Å²) in [6, 6.07) is 10.3. The maximum absolute atomic E-state index is 9.77. The first-order chi connectivity index (χ1) is 8.97. The van der Waals surface area contributed by atoms with E-state index in [2.05, 4.69) is 21.9 Å². The summed E-state index contributed by atoms with van der Waals surface area (Å²) in [4.78, 5) is 4.43. The molecule has 1 unspecified atom stereocenters. The fraction of sp³-hybridized carbons (Fsp3) is 0.538. The molecule has 6 heteroatoms. The van der Waals surface area contributed by atoms with E-state index in [4.69, 9.17) is 34.8 Å². The number of piperazine rings is 1. The summed E-state index contributed by atoms with van der Waals surface area (Å²) in [5, 5.41) is 9.77. The number of hydrogen-bond donors (Lipinski definition) is 1. The predicted molar refractivity (Wildman–Crippen MR) is 81.4 cm³/mol. The molecule has 2 rings (SSSR count). The lowest BCUT2D eigenvalue weighted by molar-refractivity contribution is 0.111. The Balaban J connectivity index is 1.83.